The first kappa shape index (κ1) is 14.7. The standard InChI is InChI=1S/C16H12ClNO3S/c17-12-3-1-2-4-13(12)21-11-7-5-10(6-8-11)9-14-15(19)18-16(20)22-14/h1-8,19H,9H2,(H,18,20). The number of thiazole rings is 1. The summed E-state index contributed by atoms with van der Waals surface area (Å²) in [6.45, 7) is 0. The number of hydrogen-bond acceptors (Lipinski definition) is 4. The summed E-state index contributed by atoms with van der Waals surface area (Å²) in [5.41, 5.74) is 0.969. The van der Waals surface area contributed by atoms with Crippen LogP contribution >= 0.6 is 22.9 Å². The molecule has 6 heteroatoms. The fourth-order valence-electron chi connectivity index (χ4n) is 1.99. The van der Waals surface area contributed by atoms with Gasteiger partial charge in [0.05, 0.1) is 9.90 Å². The van der Waals surface area contributed by atoms with Crippen LogP contribution < -0.4 is 9.61 Å². The van der Waals surface area contributed by atoms with E-state index in [1.807, 2.05) is 36.4 Å². The number of nitrogens with one attached hydrogen (secondary N) is 1. The van der Waals surface area contributed by atoms with Crippen molar-refractivity contribution in [3.63, 3.8) is 0 Å². The summed E-state index contributed by atoms with van der Waals surface area (Å²) in [6.07, 6.45) is 0.488. The van der Waals surface area contributed by atoms with Crippen LogP contribution in [-0.2, 0) is 6.42 Å². The molecule has 0 saturated heterocycles. The minimum absolute atomic E-state index is 0.0635. The van der Waals surface area contributed by atoms with Crippen LogP contribution in [0.3, 0.4) is 0 Å². The summed E-state index contributed by atoms with van der Waals surface area (Å²) < 4.78 is 5.71. The van der Waals surface area contributed by atoms with E-state index in [4.69, 9.17) is 16.3 Å². The van der Waals surface area contributed by atoms with Gasteiger partial charge in [-0.1, -0.05) is 47.2 Å². The number of rotatable bonds is 4. The molecule has 0 aliphatic carbocycles. The molecule has 0 atom stereocenters. The maximum absolute atomic E-state index is 11.2. The van der Waals surface area contributed by atoms with Crippen molar-refractivity contribution < 1.29 is 9.84 Å². The van der Waals surface area contributed by atoms with E-state index in [1.54, 1.807) is 12.1 Å². The summed E-state index contributed by atoms with van der Waals surface area (Å²) in [5, 5.41) is 10.1. The van der Waals surface area contributed by atoms with Crippen molar-refractivity contribution >= 4 is 22.9 Å². The largest absolute Gasteiger partial charge is 0.494 e. The second-order valence-electron chi connectivity index (χ2n) is 4.64. The Morgan fingerprint density at radius 2 is 1.86 bits per heavy atom. The van der Waals surface area contributed by atoms with E-state index in [0.29, 0.717) is 27.8 Å². The first-order valence-electron chi connectivity index (χ1n) is 6.54. The number of para-hydroxylation sites is 1. The fraction of sp³-hybridized carbons (Fsp3) is 0.0625. The van der Waals surface area contributed by atoms with E-state index in [9.17, 15) is 9.90 Å². The summed E-state index contributed by atoms with van der Waals surface area (Å²) in [4.78, 5) is 13.9. The molecule has 0 fully saturated rings. The maximum Gasteiger partial charge on any atom is 0.307 e. The number of aromatic nitrogens is 1. The Labute approximate surface area is 135 Å². The van der Waals surface area contributed by atoms with Gasteiger partial charge in [0.25, 0.3) is 0 Å². The number of hydrogen-bond donors (Lipinski definition) is 2. The molecule has 0 spiro atoms. The molecule has 2 aromatic carbocycles. The highest BCUT2D eigenvalue weighted by Crippen LogP contribution is 2.29. The highest BCUT2D eigenvalue weighted by Gasteiger charge is 2.08. The molecule has 22 heavy (non-hydrogen) atoms. The van der Waals surface area contributed by atoms with Crippen molar-refractivity contribution in [2.75, 3.05) is 0 Å². The van der Waals surface area contributed by atoms with E-state index in [1.165, 1.54) is 0 Å². The molecular formula is C16H12ClNO3S. The van der Waals surface area contributed by atoms with Gasteiger partial charge in [0, 0.05) is 6.42 Å². The van der Waals surface area contributed by atoms with Gasteiger partial charge >= 0.3 is 4.87 Å². The van der Waals surface area contributed by atoms with E-state index in [0.717, 1.165) is 16.9 Å². The van der Waals surface area contributed by atoms with Crippen molar-refractivity contribution in [2.45, 2.75) is 6.42 Å². The molecule has 1 aromatic heterocycles. The first-order valence-corrected chi connectivity index (χ1v) is 7.73. The Morgan fingerprint density at radius 3 is 2.50 bits per heavy atom. The molecule has 3 aromatic rings. The SMILES string of the molecule is O=c1[nH]c(O)c(Cc2ccc(Oc3ccccc3Cl)cc2)s1. The van der Waals surface area contributed by atoms with Crippen molar-refractivity contribution in [2.24, 2.45) is 0 Å². The van der Waals surface area contributed by atoms with Gasteiger partial charge in [0.1, 0.15) is 11.5 Å². The van der Waals surface area contributed by atoms with Crippen molar-refractivity contribution in [1.82, 2.24) is 4.98 Å². The van der Waals surface area contributed by atoms with Crippen molar-refractivity contribution in [3.8, 4) is 17.4 Å². The molecule has 0 aliphatic heterocycles. The molecular weight excluding hydrogens is 322 g/mol. The number of aromatic hydroxyl groups is 1. The number of aromatic amines is 1. The summed E-state index contributed by atoms with van der Waals surface area (Å²) in [6, 6.07) is 14.7. The molecule has 112 valence electrons. The lowest BCUT2D eigenvalue weighted by Gasteiger charge is -2.08. The molecule has 0 bridgehead atoms. The van der Waals surface area contributed by atoms with Gasteiger partial charge < -0.3 is 9.84 Å². The minimum atomic E-state index is -0.258. The number of H-pyrrole nitrogens is 1. The van der Waals surface area contributed by atoms with Crippen LogP contribution in [0.25, 0.3) is 0 Å². The third-order valence-electron chi connectivity index (χ3n) is 3.05. The second kappa shape index (κ2) is 6.25. The van der Waals surface area contributed by atoms with Gasteiger partial charge in [-0.05, 0) is 29.8 Å². The van der Waals surface area contributed by atoms with Crippen molar-refractivity contribution in [1.29, 1.82) is 0 Å². The maximum atomic E-state index is 11.2. The predicted octanol–water partition coefficient (Wildman–Crippen LogP) is 4.18. The summed E-state index contributed by atoms with van der Waals surface area (Å²) in [7, 11) is 0. The molecule has 0 amide bonds. The van der Waals surface area contributed by atoms with Gasteiger partial charge in [-0.15, -0.1) is 0 Å². The molecule has 0 aliphatic rings. The Kier molecular flexibility index (Phi) is 4.18. The van der Waals surface area contributed by atoms with Crippen LogP contribution in [0.5, 0.6) is 17.4 Å². The number of benzene rings is 2. The molecule has 4 nitrogen and oxygen atoms in total. The van der Waals surface area contributed by atoms with Crippen molar-refractivity contribution in [3.05, 3.63) is 73.7 Å². The zero-order valence-corrected chi connectivity index (χ0v) is 12.9. The van der Waals surface area contributed by atoms with E-state index in [-0.39, 0.29) is 10.8 Å². The van der Waals surface area contributed by atoms with Crippen LogP contribution in [0.2, 0.25) is 5.02 Å². The zero-order valence-electron chi connectivity index (χ0n) is 11.4. The Bertz CT molecular complexity index is 839. The van der Waals surface area contributed by atoms with Gasteiger partial charge in [0.2, 0.25) is 5.88 Å². The Balaban J connectivity index is 1.74. The lowest BCUT2D eigenvalue weighted by atomic mass is 10.1. The fourth-order valence-corrected chi connectivity index (χ4v) is 2.92. The van der Waals surface area contributed by atoms with Crippen LogP contribution in [0, 0.1) is 0 Å². The smallest absolute Gasteiger partial charge is 0.307 e. The van der Waals surface area contributed by atoms with Gasteiger partial charge in [0.15, 0.2) is 0 Å². The molecule has 0 radical (unpaired) electrons. The normalized spacial score (nSPS) is 10.6. The number of halogens is 1. The van der Waals surface area contributed by atoms with E-state index < -0.39 is 0 Å². The topological polar surface area (TPSA) is 62.3 Å². The molecule has 0 unspecified atom stereocenters. The number of ether oxygens (including phenoxy) is 1. The lowest BCUT2D eigenvalue weighted by molar-refractivity contribution is 0.451. The predicted molar refractivity (Wildman–Crippen MR) is 87.4 cm³/mol. The molecule has 3 rings (SSSR count). The quantitative estimate of drug-likeness (QED) is 0.753. The summed E-state index contributed by atoms with van der Waals surface area (Å²) >= 11 is 7.06. The lowest BCUT2D eigenvalue weighted by Crippen LogP contribution is -1.89. The van der Waals surface area contributed by atoms with Gasteiger partial charge in [-0.2, -0.15) is 0 Å². The summed E-state index contributed by atoms with van der Waals surface area (Å²) in [5.74, 6) is 1.20. The first-order chi connectivity index (χ1) is 10.6. The highest BCUT2D eigenvalue weighted by atomic mass is 35.5. The molecule has 0 saturated carbocycles. The Hall–Kier alpha value is -2.24. The second-order valence-corrected chi connectivity index (χ2v) is 6.11. The van der Waals surface area contributed by atoms with Crippen LogP contribution in [0.1, 0.15) is 10.4 Å². The van der Waals surface area contributed by atoms with E-state index in [2.05, 4.69) is 4.98 Å². The van der Waals surface area contributed by atoms with E-state index >= 15 is 0 Å². The van der Waals surface area contributed by atoms with Crippen LogP contribution in [0.15, 0.2) is 53.3 Å². The van der Waals surface area contributed by atoms with Crippen LogP contribution in [0.4, 0.5) is 0 Å². The zero-order chi connectivity index (χ0) is 15.5. The average Bonchev–Trinajstić information content (AvgIpc) is 2.81. The Morgan fingerprint density at radius 1 is 1.14 bits per heavy atom. The van der Waals surface area contributed by atoms with Gasteiger partial charge in [-0.3, -0.25) is 9.78 Å². The minimum Gasteiger partial charge on any atom is -0.494 e. The monoisotopic (exact) mass is 333 g/mol. The molecule has 1 heterocycles. The van der Waals surface area contributed by atoms with Crippen LogP contribution in [-0.4, -0.2) is 10.1 Å². The van der Waals surface area contributed by atoms with Gasteiger partial charge in [-0.25, -0.2) is 0 Å². The third kappa shape index (κ3) is 3.32. The molecule has 2 N–H and O–H groups in total. The average molecular weight is 334 g/mol. The highest BCUT2D eigenvalue weighted by molar-refractivity contribution is 7.09. The third-order valence-corrected chi connectivity index (χ3v) is 4.24.